The van der Waals surface area contributed by atoms with Crippen LogP contribution in [-0.2, 0) is 4.79 Å². The van der Waals surface area contributed by atoms with Crippen molar-refractivity contribution in [2.45, 2.75) is 13.0 Å². The number of aliphatic imine (C=N–C) groups is 1. The van der Waals surface area contributed by atoms with Crippen LogP contribution in [0.25, 0.3) is 6.08 Å². The van der Waals surface area contributed by atoms with Gasteiger partial charge in [-0.2, -0.15) is 0 Å². The van der Waals surface area contributed by atoms with E-state index < -0.39 is 0 Å². The fraction of sp³-hybridized carbons (Fsp3) is 0.0833. The number of hydrogen-bond acceptors (Lipinski definition) is 3. The molecule has 0 aliphatic carbocycles. The van der Waals surface area contributed by atoms with Gasteiger partial charge in [0.05, 0.1) is 16.6 Å². The fourth-order valence-electron chi connectivity index (χ4n) is 3.11. The molecule has 1 aliphatic rings. The zero-order valence-corrected chi connectivity index (χ0v) is 18.2. The molecule has 0 unspecified atom stereocenters. The number of nitrogens with zero attached hydrogens (tertiary/aromatic N) is 2. The molecule has 144 valence electrons. The van der Waals surface area contributed by atoms with Crippen LogP contribution in [0.1, 0.15) is 24.1 Å². The molecule has 1 saturated heterocycles. The largest absolute Gasteiger partial charge is 0.279 e. The Morgan fingerprint density at radius 3 is 2.21 bits per heavy atom. The summed E-state index contributed by atoms with van der Waals surface area (Å²) in [5, 5.41) is 0.695. The van der Waals surface area contributed by atoms with Gasteiger partial charge >= 0.3 is 0 Å². The molecule has 0 saturated carbocycles. The van der Waals surface area contributed by atoms with Crippen LogP contribution >= 0.6 is 27.7 Å². The Hall–Kier alpha value is -2.63. The van der Waals surface area contributed by atoms with Gasteiger partial charge < -0.3 is 0 Å². The van der Waals surface area contributed by atoms with Gasteiger partial charge in [-0.25, -0.2) is 4.99 Å². The van der Waals surface area contributed by atoms with E-state index in [1.54, 1.807) is 4.90 Å². The number of para-hydroxylation sites is 1. The maximum atomic E-state index is 13.3. The first-order valence-electron chi connectivity index (χ1n) is 9.29. The van der Waals surface area contributed by atoms with Crippen molar-refractivity contribution in [3.8, 4) is 0 Å². The molecule has 3 aromatic rings. The van der Waals surface area contributed by atoms with E-state index in [2.05, 4.69) is 15.9 Å². The van der Waals surface area contributed by atoms with Gasteiger partial charge in [-0.05, 0) is 60.2 Å². The van der Waals surface area contributed by atoms with E-state index in [-0.39, 0.29) is 11.9 Å². The van der Waals surface area contributed by atoms with E-state index in [1.165, 1.54) is 11.8 Å². The van der Waals surface area contributed by atoms with Crippen molar-refractivity contribution >= 4 is 50.5 Å². The third kappa shape index (κ3) is 4.52. The zero-order chi connectivity index (χ0) is 20.2. The van der Waals surface area contributed by atoms with Crippen molar-refractivity contribution in [1.82, 2.24) is 4.90 Å². The molecule has 29 heavy (non-hydrogen) atoms. The molecular weight excluding hydrogens is 444 g/mol. The molecular formula is C24H19BrN2OS. The Morgan fingerprint density at radius 2 is 1.55 bits per heavy atom. The van der Waals surface area contributed by atoms with Gasteiger partial charge in [-0.3, -0.25) is 9.69 Å². The van der Waals surface area contributed by atoms with Crippen molar-refractivity contribution in [2.75, 3.05) is 0 Å². The summed E-state index contributed by atoms with van der Waals surface area (Å²) in [6, 6.07) is 27.6. The van der Waals surface area contributed by atoms with Crippen molar-refractivity contribution in [3.63, 3.8) is 0 Å². The molecule has 1 amide bonds. The van der Waals surface area contributed by atoms with E-state index in [0.29, 0.717) is 10.1 Å². The number of rotatable bonds is 4. The predicted molar refractivity (Wildman–Crippen MR) is 125 cm³/mol. The summed E-state index contributed by atoms with van der Waals surface area (Å²) in [6.07, 6.45) is 1.93. The van der Waals surface area contributed by atoms with Gasteiger partial charge in [0.2, 0.25) is 0 Å². The minimum absolute atomic E-state index is 0.0241. The molecule has 1 aliphatic heterocycles. The number of amidine groups is 1. The van der Waals surface area contributed by atoms with Gasteiger partial charge in [0.25, 0.3) is 5.91 Å². The van der Waals surface area contributed by atoms with Crippen LogP contribution in [0.3, 0.4) is 0 Å². The molecule has 3 nitrogen and oxygen atoms in total. The summed E-state index contributed by atoms with van der Waals surface area (Å²) in [4.78, 5) is 20.6. The number of halogens is 1. The maximum Gasteiger partial charge on any atom is 0.267 e. The minimum Gasteiger partial charge on any atom is -0.279 e. The van der Waals surface area contributed by atoms with Crippen LogP contribution in [0.15, 0.2) is 99.3 Å². The number of thioether (sulfide) groups is 1. The molecule has 1 atom stereocenters. The number of benzene rings is 3. The van der Waals surface area contributed by atoms with Crippen LogP contribution in [0.2, 0.25) is 0 Å². The smallest absolute Gasteiger partial charge is 0.267 e. The highest BCUT2D eigenvalue weighted by molar-refractivity contribution is 9.10. The van der Waals surface area contributed by atoms with Gasteiger partial charge in [0, 0.05) is 4.47 Å². The van der Waals surface area contributed by atoms with Crippen molar-refractivity contribution in [3.05, 3.63) is 105 Å². The predicted octanol–water partition coefficient (Wildman–Crippen LogP) is 6.81. The first-order valence-corrected chi connectivity index (χ1v) is 10.9. The standard InChI is InChI=1S/C24H19BrN2OS/c1-17(19-8-4-2-5-9-19)27-23(28)22(16-18-12-14-20(25)15-13-18)29-24(27)26-21-10-6-3-7-11-21/h2-17H,1H3/b22-16+,26-24?/t17-/m1/s1. The lowest BCUT2D eigenvalue weighted by Gasteiger charge is -2.24. The monoisotopic (exact) mass is 462 g/mol. The molecule has 5 heteroatoms. The number of carbonyl (C=O) groups is 1. The lowest BCUT2D eigenvalue weighted by Crippen LogP contribution is -2.32. The average Bonchev–Trinajstić information content (AvgIpc) is 3.05. The Kier molecular flexibility index (Phi) is 5.97. The van der Waals surface area contributed by atoms with E-state index in [4.69, 9.17) is 4.99 Å². The van der Waals surface area contributed by atoms with E-state index >= 15 is 0 Å². The first-order chi connectivity index (χ1) is 14.1. The van der Waals surface area contributed by atoms with E-state index in [0.717, 1.165) is 21.3 Å². The topological polar surface area (TPSA) is 32.7 Å². The fourth-order valence-corrected chi connectivity index (χ4v) is 4.44. The summed E-state index contributed by atoms with van der Waals surface area (Å²) < 4.78 is 1.01. The highest BCUT2D eigenvalue weighted by Crippen LogP contribution is 2.39. The Labute approximate surface area is 183 Å². The molecule has 3 aromatic carbocycles. The zero-order valence-electron chi connectivity index (χ0n) is 15.8. The second-order valence-corrected chi connectivity index (χ2v) is 8.58. The van der Waals surface area contributed by atoms with Gasteiger partial charge in [-0.15, -0.1) is 0 Å². The Bertz CT molecular complexity index is 1060. The average molecular weight is 463 g/mol. The quantitative estimate of drug-likeness (QED) is 0.398. The highest BCUT2D eigenvalue weighted by atomic mass is 79.9. The van der Waals surface area contributed by atoms with Crippen LogP contribution in [0.4, 0.5) is 5.69 Å². The molecule has 0 aromatic heterocycles. The number of amides is 1. The first kappa shape index (κ1) is 19.7. The van der Waals surface area contributed by atoms with Gasteiger partial charge in [-0.1, -0.05) is 76.6 Å². The third-order valence-corrected chi connectivity index (χ3v) is 6.17. The van der Waals surface area contributed by atoms with Crippen molar-refractivity contribution < 1.29 is 4.79 Å². The molecule has 0 bridgehead atoms. The second kappa shape index (κ2) is 8.80. The molecule has 0 radical (unpaired) electrons. The van der Waals surface area contributed by atoms with Crippen molar-refractivity contribution in [1.29, 1.82) is 0 Å². The van der Waals surface area contributed by atoms with Crippen LogP contribution in [0.5, 0.6) is 0 Å². The maximum absolute atomic E-state index is 13.3. The van der Waals surface area contributed by atoms with Crippen molar-refractivity contribution in [2.24, 2.45) is 4.99 Å². The van der Waals surface area contributed by atoms with E-state index in [1.807, 2.05) is 97.9 Å². The normalized spacial score (nSPS) is 17.9. The highest BCUT2D eigenvalue weighted by Gasteiger charge is 2.37. The molecule has 1 heterocycles. The molecule has 4 rings (SSSR count). The van der Waals surface area contributed by atoms with Gasteiger partial charge in [0.1, 0.15) is 0 Å². The number of carbonyl (C=O) groups excluding carboxylic acids is 1. The number of hydrogen-bond donors (Lipinski definition) is 0. The summed E-state index contributed by atoms with van der Waals surface area (Å²) in [5.41, 5.74) is 2.89. The second-order valence-electron chi connectivity index (χ2n) is 6.65. The molecule has 0 N–H and O–H groups in total. The van der Waals surface area contributed by atoms with Crippen LogP contribution < -0.4 is 0 Å². The molecule has 0 spiro atoms. The summed E-state index contributed by atoms with van der Waals surface area (Å²) in [6.45, 7) is 2.04. The lowest BCUT2D eigenvalue weighted by molar-refractivity contribution is -0.123. The molecule has 1 fully saturated rings. The van der Waals surface area contributed by atoms with Crippen LogP contribution in [-0.4, -0.2) is 16.0 Å². The summed E-state index contributed by atoms with van der Waals surface area (Å²) in [7, 11) is 0. The van der Waals surface area contributed by atoms with Gasteiger partial charge in [0.15, 0.2) is 5.17 Å². The Balaban J connectivity index is 1.74. The SMILES string of the molecule is C[C@H](c1ccccc1)N1C(=O)/C(=C\c2ccc(Br)cc2)SC1=Nc1ccccc1. The van der Waals surface area contributed by atoms with E-state index in [9.17, 15) is 4.79 Å². The lowest BCUT2D eigenvalue weighted by atomic mass is 10.1. The summed E-state index contributed by atoms with van der Waals surface area (Å²) in [5.74, 6) is -0.0241. The Morgan fingerprint density at radius 1 is 0.931 bits per heavy atom. The third-order valence-electron chi connectivity index (χ3n) is 4.65. The summed E-state index contributed by atoms with van der Waals surface area (Å²) >= 11 is 4.87. The van der Waals surface area contributed by atoms with Crippen LogP contribution in [0, 0.1) is 0 Å². The minimum atomic E-state index is -0.116.